The Morgan fingerprint density at radius 3 is 2.62 bits per heavy atom. The van der Waals surface area contributed by atoms with Gasteiger partial charge >= 0.3 is 0 Å². The fraction of sp³-hybridized carbons (Fsp3) is 0.667. The van der Waals surface area contributed by atoms with Crippen molar-refractivity contribution in [2.45, 2.75) is 18.9 Å². The van der Waals surface area contributed by atoms with Crippen molar-refractivity contribution in [1.82, 2.24) is 5.32 Å². The zero-order chi connectivity index (χ0) is 12.2. The lowest BCUT2D eigenvalue weighted by Crippen LogP contribution is -2.32. The Morgan fingerprint density at radius 1 is 1.44 bits per heavy atom. The van der Waals surface area contributed by atoms with Crippen LogP contribution in [0.4, 0.5) is 0 Å². The van der Waals surface area contributed by atoms with Crippen molar-refractivity contribution >= 4 is 15.9 Å². The van der Waals surface area contributed by atoms with Crippen molar-refractivity contribution in [3.8, 4) is 0 Å². The van der Waals surface area contributed by atoms with Gasteiger partial charge in [0.15, 0.2) is 0 Å². The molecule has 6 nitrogen and oxygen atoms in total. The molecule has 0 fully saturated rings. The van der Waals surface area contributed by atoms with E-state index >= 15 is 0 Å². The van der Waals surface area contributed by atoms with Crippen LogP contribution in [-0.4, -0.2) is 32.7 Å². The summed E-state index contributed by atoms with van der Waals surface area (Å²) >= 11 is 0. The second-order valence-electron chi connectivity index (χ2n) is 3.90. The fourth-order valence-electron chi connectivity index (χ4n) is 1.54. The maximum Gasteiger partial charge on any atom is 0.226 e. The minimum atomic E-state index is -3.44. The van der Waals surface area contributed by atoms with Crippen LogP contribution in [0.1, 0.15) is 12.8 Å². The second-order valence-corrected chi connectivity index (χ2v) is 5.64. The van der Waals surface area contributed by atoms with Crippen molar-refractivity contribution in [1.29, 1.82) is 0 Å². The van der Waals surface area contributed by atoms with E-state index in [0.717, 1.165) is 0 Å². The van der Waals surface area contributed by atoms with Crippen LogP contribution >= 0.6 is 0 Å². The molecule has 2 atom stereocenters. The number of sulfonamides is 1. The summed E-state index contributed by atoms with van der Waals surface area (Å²) in [5.74, 6) is -0.420. The van der Waals surface area contributed by atoms with Gasteiger partial charge in [-0.1, -0.05) is 12.2 Å². The van der Waals surface area contributed by atoms with Crippen LogP contribution < -0.4 is 16.2 Å². The summed E-state index contributed by atoms with van der Waals surface area (Å²) in [4.78, 5) is 11.5. The monoisotopic (exact) mass is 247 g/mol. The highest BCUT2D eigenvalue weighted by Gasteiger charge is 2.22. The van der Waals surface area contributed by atoms with E-state index in [2.05, 4.69) is 5.32 Å². The first-order chi connectivity index (χ1) is 7.38. The van der Waals surface area contributed by atoms with Crippen LogP contribution in [0.5, 0.6) is 0 Å². The van der Waals surface area contributed by atoms with Gasteiger partial charge in [-0.2, -0.15) is 0 Å². The van der Waals surface area contributed by atoms with Crippen molar-refractivity contribution in [3.05, 3.63) is 12.2 Å². The summed E-state index contributed by atoms with van der Waals surface area (Å²) in [5.41, 5.74) is 5.61. The van der Waals surface area contributed by atoms with E-state index < -0.39 is 10.0 Å². The average molecular weight is 247 g/mol. The van der Waals surface area contributed by atoms with Gasteiger partial charge < -0.3 is 11.1 Å². The molecule has 1 amide bonds. The Hall–Kier alpha value is -0.920. The molecule has 1 rings (SSSR count). The van der Waals surface area contributed by atoms with Crippen LogP contribution in [0.2, 0.25) is 0 Å². The molecule has 2 unspecified atom stereocenters. The highest BCUT2D eigenvalue weighted by molar-refractivity contribution is 7.89. The standard InChI is InChI=1S/C9H17N3O3S/c10-8-3-2-7(6-8)9(13)12-4-1-5-16(11,14)15/h2-3,7-8H,1,4-6,10H2,(H,12,13)(H2,11,14,15). The molecule has 0 aromatic rings. The van der Waals surface area contributed by atoms with Gasteiger partial charge in [0, 0.05) is 12.6 Å². The summed E-state index contributed by atoms with van der Waals surface area (Å²) in [6, 6.07) is -0.0554. The molecule has 92 valence electrons. The predicted molar refractivity (Wildman–Crippen MR) is 60.8 cm³/mol. The van der Waals surface area contributed by atoms with Crippen molar-refractivity contribution in [2.75, 3.05) is 12.3 Å². The van der Waals surface area contributed by atoms with Crippen LogP contribution in [-0.2, 0) is 14.8 Å². The lowest BCUT2D eigenvalue weighted by molar-refractivity contribution is -0.123. The number of rotatable bonds is 5. The van der Waals surface area contributed by atoms with E-state index in [9.17, 15) is 13.2 Å². The molecule has 0 saturated heterocycles. The van der Waals surface area contributed by atoms with Gasteiger partial charge in [-0.3, -0.25) is 4.79 Å². The minimum Gasteiger partial charge on any atom is -0.356 e. The summed E-state index contributed by atoms with van der Waals surface area (Å²) in [6.45, 7) is 0.314. The zero-order valence-electron chi connectivity index (χ0n) is 8.93. The number of hydrogen-bond donors (Lipinski definition) is 3. The SMILES string of the molecule is NC1C=CC(C(=O)NCCCS(N)(=O)=O)C1. The van der Waals surface area contributed by atoms with Gasteiger partial charge in [-0.15, -0.1) is 0 Å². The van der Waals surface area contributed by atoms with E-state index in [0.29, 0.717) is 19.4 Å². The highest BCUT2D eigenvalue weighted by atomic mass is 32.2. The molecule has 0 saturated carbocycles. The molecule has 0 bridgehead atoms. The number of carbonyl (C=O) groups excluding carboxylic acids is 1. The van der Waals surface area contributed by atoms with Gasteiger partial charge in [0.05, 0.1) is 11.7 Å². The number of nitrogens with two attached hydrogens (primary N) is 2. The molecule has 0 aromatic heterocycles. The quantitative estimate of drug-likeness (QED) is 0.413. The molecule has 5 N–H and O–H groups in total. The van der Waals surface area contributed by atoms with E-state index in [-0.39, 0.29) is 23.6 Å². The minimum absolute atomic E-state index is 0.0554. The molecule has 0 aromatic carbocycles. The Kier molecular flexibility index (Phi) is 4.45. The first-order valence-electron chi connectivity index (χ1n) is 5.10. The first-order valence-corrected chi connectivity index (χ1v) is 6.82. The number of amides is 1. The fourth-order valence-corrected chi connectivity index (χ4v) is 2.08. The van der Waals surface area contributed by atoms with E-state index in [1.807, 2.05) is 0 Å². The molecule has 0 heterocycles. The van der Waals surface area contributed by atoms with Crippen LogP contribution in [0.15, 0.2) is 12.2 Å². The van der Waals surface area contributed by atoms with Gasteiger partial charge in [0.2, 0.25) is 15.9 Å². The smallest absolute Gasteiger partial charge is 0.226 e. The highest BCUT2D eigenvalue weighted by Crippen LogP contribution is 2.15. The van der Waals surface area contributed by atoms with E-state index in [1.54, 1.807) is 12.2 Å². The molecular formula is C9H17N3O3S. The predicted octanol–water partition coefficient (Wildman–Crippen LogP) is -1.32. The molecule has 16 heavy (non-hydrogen) atoms. The largest absolute Gasteiger partial charge is 0.356 e. The van der Waals surface area contributed by atoms with Crippen molar-refractivity contribution in [3.63, 3.8) is 0 Å². The maximum atomic E-state index is 11.5. The van der Waals surface area contributed by atoms with Crippen LogP contribution in [0.25, 0.3) is 0 Å². The maximum absolute atomic E-state index is 11.5. The van der Waals surface area contributed by atoms with Gasteiger partial charge in [0.25, 0.3) is 0 Å². The van der Waals surface area contributed by atoms with Gasteiger partial charge in [-0.25, -0.2) is 13.6 Å². The lowest BCUT2D eigenvalue weighted by Gasteiger charge is -2.09. The third-order valence-corrected chi connectivity index (χ3v) is 3.22. The summed E-state index contributed by atoms with van der Waals surface area (Å²) in [6.07, 6.45) is 4.52. The second kappa shape index (κ2) is 5.42. The summed E-state index contributed by atoms with van der Waals surface area (Å²) in [7, 11) is -3.44. The Balaban J connectivity index is 2.19. The number of nitrogens with one attached hydrogen (secondary N) is 1. The molecule has 0 radical (unpaired) electrons. The molecule has 0 aliphatic heterocycles. The van der Waals surface area contributed by atoms with Crippen LogP contribution in [0.3, 0.4) is 0 Å². The van der Waals surface area contributed by atoms with E-state index in [1.165, 1.54) is 0 Å². The Morgan fingerprint density at radius 2 is 2.12 bits per heavy atom. The topological polar surface area (TPSA) is 115 Å². The summed E-state index contributed by atoms with van der Waals surface area (Å²) in [5, 5.41) is 7.48. The van der Waals surface area contributed by atoms with Gasteiger partial charge in [-0.05, 0) is 12.8 Å². The zero-order valence-corrected chi connectivity index (χ0v) is 9.74. The van der Waals surface area contributed by atoms with E-state index in [4.69, 9.17) is 10.9 Å². The molecule has 1 aliphatic rings. The number of primary sulfonamides is 1. The number of carbonyl (C=O) groups is 1. The lowest BCUT2D eigenvalue weighted by atomic mass is 10.1. The van der Waals surface area contributed by atoms with Crippen LogP contribution in [0, 0.1) is 5.92 Å². The normalized spacial score (nSPS) is 24.6. The van der Waals surface area contributed by atoms with Gasteiger partial charge in [0.1, 0.15) is 0 Å². The summed E-state index contributed by atoms with van der Waals surface area (Å²) < 4.78 is 21.2. The Bertz CT molecular complexity index is 377. The third kappa shape index (κ3) is 4.73. The van der Waals surface area contributed by atoms with Crippen molar-refractivity contribution < 1.29 is 13.2 Å². The molecule has 0 spiro atoms. The number of hydrogen-bond acceptors (Lipinski definition) is 4. The third-order valence-electron chi connectivity index (χ3n) is 2.36. The average Bonchev–Trinajstić information content (AvgIpc) is 2.57. The molecular weight excluding hydrogens is 230 g/mol. The first kappa shape index (κ1) is 13.1. The van der Waals surface area contributed by atoms with Crippen molar-refractivity contribution in [2.24, 2.45) is 16.8 Å². The molecule has 7 heteroatoms. The Labute approximate surface area is 95.1 Å². The molecule has 1 aliphatic carbocycles.